The van der Waals surface area contributed by atoms with E-state index >= 15 is 0 Å². The normalized spacial score (nSPS) is 38.1. The minimum atomic E-state index is -1.03. The Labute approximate surface area is 167 Å². The van der Waals surface area contributed by atoms with E-state index in [9.17, 15) is 14.7 Å². The highest BCUT2D eigenvalue weighted by molar-refractivity contribution is 5.87. The van der Waals surface area contributed by atoms with Crippen LogP contribution in [-0.4, -0.2) is 47.1 Å². The Balaban J connectivity index is 2.44. The summed E-state index contributed by atoms with van der Waals surface area (Å²) in [7, 11) is 0. The van der Waals surface area contributed by atoms with Crippen molar-refractivity contribution >= 4 is 11.9 Å². The van der Waals surface area contributed by atoms with E-state index in [1.54, 1.807) is 19.9 Å². The average Bonchev–Trinajstić information content (AvgIpc) is 3.27. The standard InChI is InChI=1S/C22H34O6/c1-8-13(4)21(25)27-18-14(5)10-9-11-22(7)20(28-22)19(26-15(6)23)16(12(2)3)17(18)24/h8,10,12,16-20,24H,9,11H2,1-7H3/b13-8+,14-10-/t16-,17-,18-,19-,20+,22+/m0/s1. The van der Waals surface area contributed by atoms with E-state index in [4.69, 9.17) is 14.2 Å². The number of aliphatic hydroxyl groups is 1. The van der Waals surface area contributed by atoms with Gasteiger partial charge in [-0.2, -0.15) is 0 Å². The third-order valence-electron chi connectivity index (χ3n) is 5.94. The van der Waals surface area contributed by atoms with Crippen LogP contribution in [0.1, 0.15) is 61.3 Å². The minimum absolute atomic E-state index is 0.0240. The zero-order valence-electron chi connectivity index (χ0n) is 18.0. The quantitative estimate of drug-likeness (QED) is 0.341. The highest BCUT2D eigenvalue weighted by atomic mass is 16.6. The lowest BCUT2D eigenvalue weighted by atomic mass is 9.77. The van der Waals surface area contributed by atoms with Gasteiger partial charge in [0.25, 0.3) is 0 Å². The van der Waals surface area contributed by atoms with E-state index in [2.05, 4.69) is 0 Å². The maximum Gasteiger partial charge on any atom is 0.334 e. The number of hydrogen-bond donors (Lipinski definition) is 1. The summed E-state index contributed by atoms with van der Waals surface area (Å²) in [6.45, 7) is 12.6. The second-order valence-corrected chi connectivity index (χ2v) is 8.52. The van der Waals surface area contributed by atoms with Gasteiger partial charge < -0.3 is 19.3 Å². The van der Waals surface area contributed by atoms with Crippen LogP contribution in [0.5, 0.6) is 0 Å². The van der Waals surface area contributed by atoms with Crippen LogP contribution in [-0.2, 0) is 23.8 Å². The van der Waals surface area contributed by atoms with E-state index in [1.165, 1.54) is 6.92 Å². The third-order valence-corrected chi connectivity index (χ3v) is 5.94. The summed E-state index contributed by atoms with van der Waals surface area (Å²) in [5.74, 6) is -1.34. The lowest BCUT2D eigenvalue weighted by molar-refractivity contribution is -0.164. The topological polar surface area (TPSA) is 85.4 Å². The monoisotopic (exact) mass is 394 g/mol. The predicted molar refractivity (Wildman–Crippen MR) is 105 cm³/mol. The van der Waals surface area contributed by atoms with Gasteiger partial charge in [-0.3, -0.25) is 4.79 Å². The van der Waals surface area contributed by atoms with Crippen molar-refractivity contribution in [1.29, 1.82) is 0 Å². The molecule has 28 heavy (non-hydrogen) atoms. The van der Waals surface area contributed by atoms with Crippen molar-refractivity contribution in [2.24, 2.45) is 11.8 Å². The van der Waals surface area contributed by atoms with Crippen LogP contribution in [0.15, 0.2) is 23.3 Å². The lowest BCUT2D eigenvalue weighted by Gasteiger charge is -2.37. The van der Waals surface area contributed by atoms with Gasteiger partial charge in [-0.05, 0) is 52.0 Å². The van der Waals surface area contributed by atoms with Gasteiger partial charge >= 0.3 is 11.9 Å². The summed E-state index contributed by atoms with van der Waals surface area (Å²) < 4.78 is 17.3. The van der Waals surface area contributed by atoms with Crippen LogP contribution in [0.4, 0.5) is 0 Å². The maximum absolute atomic E-state index is 12.4. The number of carbonyl (C=O) groups is 2. The molecule has 0 amide bonds. The molecular weight excluding hydrogens is 360 g/mol. The molecule has 1 fully saturated rings. The Kier molecular flexibility index (Phi) is 7.10. The largest absolute Gasteiger partial charge is 0.459 e. The Bertz CT molecular complexity index is 664. The van der Waals surface area contributed by atoms with Gasteiger partial charge in [-0.1, -0.05) is 26.0 Å². The first-order valence-electron chi connectivity index (χ1n) is 10.1. The first-order chi connectivity index (χ1) is 13.0. The molecule has 1 heterocycles. The van der Waals surface area contributed by atoms with Crippen LogP contribution in [0.3, 0.4) is 0 Å². The molecule has 1 aliphatic carbocycles. The van der Waals surface area contributed by atoms with Crippen molar-refractivity contribution in [1.82, 2.24) is 0 Å². The fraction of sp³-hybridized carbons (Fsp3) is 0.727. The lowest BCUT2D eigenvalue weighted by Crippen LogP contribution is -2.49. The first kappa shape index (κ1) is 22.6. The van der Waals surface area contributed by atoms with Crippen LogP contribution in [0.25, 0.3) is 0 Å². The number of hydrogen-bond acceptors (Lipinski definition) is 6. The Morgan fingerprint density at radius 1 is 1.32 bits per heavy atom. The smallest absolute Gasteiger partial charge is 0.334 e. The Hall–Kier alpha value is -1.66. The summed E-state index contributed by atoms with van der Waals surface area (Å²) in [6, 6.07) is 0. The molecule has 0 unspecified atom stereocenters. The fourth-order valence-corrected chi connectivity index (χ4v) is 4.04. The molecule has 2 rings (SSSR count). The SMILES string of the molecule is C/C=C(\C)C(=O)O[C@H]1/C(C)=C\CC[C@@]2(C)O[C@@H]2[C@@H](OC(C)=O)[C@@H](C(C)C)[C@@H]1O. The molecule has 6 atom stereocenters. The minimum Gasteiger partial charge on any atom is -0.459 e. The number of carbonyl (C=O) groups excluding carboxylic acids is 2. The summed E-state index contributed by atoms with van der Waals surface area (Å²) in [5, 5.41) is 11.3. The maximum atomic E-state index is 12.4. The summed E-state index contributed by atoms with van der Waals surface area (Å²) in [6.07, 6.45) is 2.45. The Morgan fingerprint density at radius 2 is 1.96 bits per heavy atom. The molecule has 0 bridgehead atoms. The molecular formula is C22H34O6. The van der Waals surface area contributed by atoms with Crippen molar-refractivity contribution in [3.05, 3.63) is 23.3 Å². The van der Waals surface area contributed by atoms with Gasteiger partial charge in [0, 0.05) is 18.4 Å². The molecule has 1 N–H and O–H groups in total. The number of fused-ring (bicyclic) bond motifs is 1. The molecule has 6 nitrogen and oxygen atoms in total. The second kappa shape index (κ2) is 8.78. The van der Waals surface area contributed by atoms with Gasteiger partial charge in [0.2, 0.25) is 0 Å². The number of epoxide rings is 1. The fourth-order valence-electron chi connectivity index (χ4n) is 4.04. The molecule has 2 aliphatic rings. The molecule has 0 aromatic carbocycles. The number of ether oxygens (including phenoxy) is 3. The number of rotatable bonds is 4. The van der Waals surface area contributed by atoms with Gasteiger partial charge in [0.05, 0.1) is 5.60 Å². The van der Waals surface area contributed by atoms with Crippen LogP contribution >= 0.6 is 0 Å². The van der Waals surface area contributed by atoms with E-state index in [0.717, 1.165) is 18.4 Å². The highest BCUT2D eigenvalue weighted by Gasteiger charge is 2.60. The summed E-state index contributed by atoms with van der Waals surface area (Å²) in [5.41, 5.74) is 0.891. The van der Waals surface area contributed by atoms with E-state index in [0.29, 0.717) is 5.57 Å². The van der Waals surface area contributed by atoms with E-state index < -0.39 is 36.2 Å². The molecule has 0 spiro atoms. The molecule has 0 radical (unpaired) electrons. The molecule has 0 aromatic heterocycles. The first-order valence-corrected chi connectivity index (χ1v) is 10.1. The van der Waals surface area contributed by atoms with Gasteiger partial charge in [0.1, 0.15) is 24.4 Å². The van der Waals surface area contributed by atoms with Gasteiger partial charge in [-0.15, -0.1) is 0 Å². The van der Waals surface area contributed by atoms with E-state index in [1.807, 2.05) is 33.8 Å². The van der Waals surface area contributed by atoms with Crippen molar-refractivity contribution < 1.29 is 28.9 Å². The van der Waals surface area contributed by atoms with Gasteiger partial charge in [0.15, 0.2) is 0 Å². The molecule has 6 heteroatoms. The van der Waals surface area contributed by atoms with Crippen LogP contribution in [0, 0.1) is 11.8 Å². The molecule has 1 saturated heterocycles. The Morgan fingerprint density at radius 3 is 2.50 bits per heavy atom. The van der Waals surface area contributed by atoms with Crippen molar-refractivity contribution in [2.75, 3.05) is 0 Å². The van der Waals surface area contributed by atoms with E-state index in [-0.39, 0.29) is 17.6 Å². The average molecular weight is 395 g/mol. The highest BCUT2D eigenvalue weighted by Crippen LogP contribution is 2.48. The molecule has 0 aromatic rings. The zero-order valence-corrected chi connectivity index (χ0v) is 18.0. The molecule has 158 valence electrons. The summed E-state index contributed by atoms with van der Waals surface area (Å²) >= 11 is 0. The van der Waals surface area contributed by atoms with Crippen molar-refractivity contribution in [3.8, 4) is 0 Å². The number of esters is 2. The van der Waals surface area contributed by atoms with Crippen LogP contribution < -0.4 is 0 Å². The predicted octanol–water partition coefficient (Wildman–Crippen LogP) is 3.33. The molecule has 0 saturated carbocycles. The molecule has 1 aliphatic heterocycles. The van der Waals surface area contributed by atoms with Crippen molar-refractivity contribution in [2.45, 2.75) is 91.3 Å². The second-order valence-electron chi connectivity index (χ2n) is 8.52. The van der Waals surface area contributed by atoms with Crippen molar-refractivity contribution in [3.63, 3.8) is 0 Å². The number of allylic oxidation sites excluding steroid dienone is 2. The third kappa shape index (κ3) is 4.84. The zero-order chi connectivity index (χ0) is 21.2. The summed E-state index contributed by atoms with van der Waals surface area (Å²) in [4.78, 5) is 24.2. The van der Waals surface area contributed by atoms with Crippen LogP contribution in [0.2, 0.25) is 0 Å². The van der Waals surface area contributed by atoms with Gasteiger partial charge in [-0.25, -0.2) is 4.79 Å². The number of aliphatic hydroxyl groups excluding tert-OH is 1.